The molecular formula is C18H30N4O2. The number of carbonyl (C=O) groups excluding carboxylic acids is 1. The Morgan fingerprint density at radius 1 is 1.08 bits per heavy atom. The zero-order chi connectivity index (χ0) is 17.8. The van der Waals surface area contributed by atoms with E-state index in [2.05, 4.69) is 53.0 Å². The number of amides is 1. The topological polar surface area (TPSA) is 74.8 Å². The second kappa shape index (κ2) is 11.5. The van der Waals surface area contributed by atoms with Gasteiger partial charge in [-0.05, 0) is 32.8 Å². The third kappa shape index (κ3) is 8.53. The van der Waals surface area contributed by atoms with Crippen LogP contribution in [0.15, 0.2) is 23.2 Å². The highest BCUT2D eigenvalue weighted by Gasteiger charge is 2.02. The third-order valence-corrected chi connectivity index (χ3v) is 3.34. The summed E-state index contributed by atoms with van der Waals surface area (Å²) in [4.78, 5) is 16.0. The van der Waals surface area contributed by atoms with E-state index in [0.29, 0.717) is 19.1 Å². The summed E-state index contributed by atoms with van der Waals surface area (Å²) in [5.41, 5.74) is 3.85. The molecule has 0 radical (unpaired) electrons. The van der Waals surface area contributed by atoms with Gasteiger partial charge in [0.2, 0.25) is 5.91 Å². The molecule has 0 bridgehead atoms. The van der Waals surface area contributed by atoms with Gasteiger partial charge in [0, 0.05) is 26.7 Å². The Morgan fingerprint density at radius 2 is 1.79 bits per heavy atom. The lowest BCUT2D eigenvalue weighted by Crippen LogP contribution is -2.39. The smallest absolute Gasteiger partial charge is 0.241 e. The fourth-order valence-corrected chi connectivity index (χ4v) is 2.38. The van der Waals surface area contributed by atoms with E-state index in [1.54, 1.807) is 7.11 Å². The average Bonchev–Trinajstić information content (AvgIpc) is 2.52. The number of hydrogen-bond donors (Lipinski definition) is 3. The van der Waals surface area contributed by atoms with E-state index in [4.69, 9.17) is 4.74 Å². The van der Waals surface area contributed by atoms with Crippen molar-refractivity contribution in [1.29, 1.82) is 0 Å². The van der Waals surface area contributed by atoms with E-state index in [0.717, 1.165) is 19.5 Å². The number of nitrogens with zero attached hydrogens (tertiary/aromatic N) is 1. The Morgan fingerprint density at radius 3 is 2.42 bits per heavy atom. The van der Waals surface area contributed by atoms with Crippen LogP contribution in [0.2, 0.25) is 0 Å². The minimum atomic E-state index is -0.112. The first-order valence-electron chi connectivity index (χ1n) is 8.40. The lowest BCUT2D eigenvalue weighted by atomic mass is 10.1. The van der Waals surface area contributed by atoms with Gasteiger partial charge in [-0.3, -0.25) is 4.79 Å². The molecule has 0 aliphatic carbocycles. The Hall–Kier alpha value is -2.08. The van der Waals surface area contributed by atoms with Crippen LogP contribution in [0.5, 0.6) is 0 Å². The van der Waals surface area contributed by atoms with Gasteiger partial charge in [0.1, 0.15) is 6.54 Å². The highest BCUT2D eigenvalue weighted by atomic mass is 16.5. The molecule has 1 aromatic rings. The van der Waals surface area contributed by atoms with Gasteiger partial charge >= 0.3 is 0 Å². The quantitative estimate of drug-likeness (QED) is 0.360. The van der Waals surface area contributed by atoms with Crippen LogP contribution in [0.25, 0.3) is 0 Å². The average molecular weight is 334 g/mol. The first-order chi connectivity index (χ1) is 11.5. The molecule has 0 spiro atoms. The predicted molar refractivity (Wildman–Crippen MR) is 98.5 cm³/mol. The summed E-state index contributed by atoms with van der Waals surface area (Å²) in [5, 5.41) is 9.16. The van der Waals surface area contributed by atoms with E-state index in [1.807, 2.05) is 6.92 Å². The summed E-state index contributed by atoms with van der Waals surface area (Å²) in [7, 11) is 1.60. The Kier molecular flexibility index (Phi) is 9.53. The van der Waals surface area contributed by atoms with Crippen LogP contribution in [-0.2, 0) is 16.0 Å². The molecule has 0 saturated heterocycles. The lowest BCUT2D eigenvalue weighted by Gasteiger charge is -2.12. The summed E-state index contributed by atoms with van der Waals surface area (Å²) in [5.74, 6) is 0.544. The molecule has 6 nitrogen and oxygen atoms in total. The maximum Gasteiger partial charge on any atom is 0.241 e. The standard InChI is InChI=1S/C18H30N4O2/c1-5-19-18(22-13-17(23)20-8-9-24-4)21-7-6-16-11-14(2)10-15(3)12-16/h10-12H,5-9,13H2,1-4H3,(H,20,23)(H2,19,21,22). The van der Waals surface area contributed by atoms with Crippen molar-refractivity contribution in [3.63, 3.8) is 0 Å². The zero-order valence-corrected chi connectivity index (χ0v) is 15.2. The summed E-state index contributed by atoms with van der Waals surface area (Å²) in [6, 6.07) is 6.56. The number of guanidine groups is 1. The Labute approximate surface area is 145 Å². The van der Waals surface area contributed by atoms with Crippen LogP contribution in [0.3, 0.4) is 0 Å². The Balaban J connectivity index is 2.44. The number of methoxy groups -OCH3 is 1. The summed E-state index contributed by atoms with van der Waals surface area (Å²) >= 11 is 0. The Bertz CT molecular complexity index is 524. The normalized spacial score (nSPS) is 11.2. The van der Waals surface area contributed by atoms with Crippen molar-refractivity contribution in [3.8, 4) is 0 Å². The first kappa shape index (κ1) is 20.0. The molecule has 1 aromatic carbocycles. The van der Waals surface area contributed by atoms with Crippen LogP contribution in [0.1, 0.15) is 23.6 Å². The van der Waals surface area contributed by atoms with Gasteiger partial charge in [0.05, 0.1) is 6.61 Å². The van der Waals surface area contributed by atoms with Crippen molar-refractivity contribution in [2.45, 2.75) is 27.2 Å². The van der Waals surface area contributed by atoms with Gasteiger partial charge < -0.3 is 20.7 Å². The number of carbonyl (C=O) groups is 1. The highest BCUT2D eigenvalue weighted by molar-refractivity contribution is 5.84. The number of nitrogens with one attached hydrogen (secondary N) is 3. The number of aryl methyl sites for hydroxylation is 2. The molecule has 134 valence electrons. The molecule has 1 amide bonds. The van der Waals surface area contributed by atoms with Gasteiger partial charge in [-0.2, -0.15) is 0 Å². The van der Waals surface area contributed by atoms with Gasteiger partial charge in [-0.25, -0.2) is 4.99 Å². The van der Waals surface area contributed by atoms with Crippen LogP contribution in [0.4, 0.5) is 0 Å². The largest absolute Gasteiger partial charge is 0.383 e. The van der Waals surface area contributed by atoms with Gasteiger partial charge in [-0.15, -0.1) is 0 Å². The monoisotopic (exact) mass is 334 g/mol. The van der Waals surface area contributed by atoms with E-state index in [-0.39, 0.29) is 12.5 Å². The van der Waals surface area contributed by atoms with Crippen LogP contribution in [-0.4, -0.2) is 51.8 Å². The van der Waals surface area contributed by atoms with Crippen LogP contribution >= 0.6 is 0 Å². The molecule has 0 fully saturated rings. The minimum absolute atomic E-state index is 0.0998. The molecule has 1 rings (SSSR count). The van der Waals surface area contributed by atoms with Crippen LogP contribution < -0.4 is 16.0 Å². The number of rotatable bonds is 9. The molecule has 0 aliphatic heterocycles. The molecule has 0 heterocycles. The second-order valence-corrected chi connectivity index (χ2v) is 5.71. The molecular weight excluding hydrogens is 304 g/mol. The lowest BCUT2D eigenvalue weighted by molar-refractivity contribution is -0.119. The second-order valence-electron chi connectivity index (χ2n) is 5.71. The number of benzene rings is 1. The van der Waals surface area contributed by atoms with E-state index < -0.39 is 0 Å². The minimum Gasteiger partial charge on any atom is -0.383 e. The maximum atomic E-state index is 11.7. The molecule has 0 aliphatic rings. The zero-order valence-electron chi connectivity index (χ0n) is 15.2. The number of ether oxygens (including phenoxy) is 1. The van der Waals surface area contributed by atoms with Crippen molar-refractivity contribution in [2.75, 3.05) is 39.9 Å². The van der Waals surface area contributed by atoms with Crippen LogP contribution in [0, 0.1) is 13.8 Å². The van der Waals surface area contributed by atoms with Gasteiger partial charge in [0.25, 0.3) is 0 Å². The number of aliphatic imine (C=N–C) groups is 1. The van der Waals surface area contributed by atoms with Gasteiger partial charge in [0.15, 0.2) is 5.96 Å². The van der Waals surface area contributed by atoms with E-state index in [9.17, 15) is 4.79 Å². The van der Waals surface area contributed by atoms with Crippen molar-refractivity contribution in [1.82, 2.24) is 16.0 Å². The molecule has 0 aromatic heterocycles. The molecule has 0 unspecified atom stereocenters. The predicted octanol–water partition coefficient (Wildman–Crippen LogP) is 1.16. The molecule has 0 saturated carbocycles. The SMILES string of the molecule is CCNC(=NCC(=O)NCCOC)NCCc1cc(C)cc(C)c1. The maximum absolute atomic E-state index is 11.7. The first-order valence-corrected chi connectivity index (χ1v) is 8.40. The number of hydrogen-bond acceptors (Lipinski definition) is 3. The van der Waals surface area contributed by atoms with E-state index in [1.165, 1.54) is 16.7 Å². The highest BCUT2D eigenvalue weighted by Crippen LogP contribution is 2.08. The van der Waals surface area contributed by atoms with Crippen molar-refractivity contribution >= 4 is 11.9 Å². The fourth-order valence-electron chi connectivity index (χ4n) is 2.38. The summed E-state index contributed by atoms with van der Waals surface area (Å²) in [6.07, 6.45) is 0.910. The van der Waals surface area contributed by atoms with E-state index >= 15 is 0 Å². The molecule has 6 heteroatoms. The van der Waals surface area contributed by atoms with Gasteiger partial charge in [-0.1, -0.05) is 29.3 Å². The fraction of sp³-hybridized carbons (Fsp3) is 0.556. The summed E-state index contributed by atoms with van der Waals surface area (Å²) < 4.78 is 4.89. The molecule has 24 heavy (non-hydrogen) atoms. The van der Waals surface area contributed by atoms with Crippen molar-refractivity contribution in [2.24, 2.45) is 4.99 Å². The van der Waals surface area contributed by atoms with Crippen molar-refractivity contribution < 1.29 is 9.53 Å². The van der Waals surface area contributed by atoms with Crippen molar-refractivity contribution in [3.05, 3.63) is 34.9 Å². The molecule has 3 N–H and O–H groups in total. The third-order valence-electron chi connectivity index (χ3n) is 3.34. The molecule has 0 atom stereocenters. The summed E-state index contributed by atoms with van der Waals surface area (Å²) in [6.45, 7) is 8.84.